The number of amides is 1. The van der Waals surface area contributed by atoms with Gasteiger partial charge in [0.2, 0.25) is 0 Å². The van der Waals surface area contributed by atoms with Crippen LogP contribution in [0.15, 0.2) is 48.7 Å². The van der Waals surface area contributed by atoms with Gasteiger partial charge >= 0.3 is 0 Å². The number of hydrogen-bond acceptors (Lipinski definition) is 2. The van der Waals surface area contributed by atoms with Gasteiger partial charge in [-0.15, -0.1) is 0 Å². The first-order chi connectivity index (χ1) is 10.6. The zero-order valence-corrected chi connectivity index (χ0v) is 13.2. The Morgan fingerprint density at radius 2 is 1.77 bits per heavy atom. The molecule has 1 aromatic heterocycles. The number of hydrogen-bond donors (Lipinski definition) is 1. The number of fused-ring (bicyclic) bond motifs is 1. The Hall–Kier alpha value is -2.10. The summed E-state index contributed by atoms with van der Waals surface area (Å²) < 4.78 is 0. The molecule has 0 saturated heterocycles. The second kappa shape index (κ2) is 5.95. The minimum absolute atomic E-state index is 0.262. The van der Waals surface area contributed by atoms with E-state index in [1.807, 2.05) is 31.2 Å². The van der Waals surface area contributed by atoms with Crippen molar-refractivity contribution in [2.75, 3.05) is 5.32 Å². The number of pyridine rings is 1. The van der Waals surface area contributed by atoms with Gasteiger partial charge in [-0.2, -0.15) is 0 Å². The zero-order valence-electron chi connectivity index (χ0n) is 11.7. The first-order valence-electron chi connectivity index (χ1n) is 6.67. The van der Waals surface area contributed by atoms with E-state index in [9.17, 15) is 4.79 Å². The molecule has 0 spiro atoms. The molecule has 0 unspecified atom stereocenters. The van der Waals surface area contributed by atoms with Gasteiger partial charge < -0.3 is 5.32 Å². The van der Waals surface area contributed by atoms with Gasteiger partial charge in [-0.25, -0.2) is 0 Å². The average molecular weight is 331 g/mol. The molecule has 3 aromatic rings. The highest BCUT2D eigenvalue weighted by molar-refractivity contribution is 6.40. The zero-order chi connectivity index (χ0) is 15.7. The maximum absolute atomic E-state index is 12.5. The average Bonchev–Trinajstić information content (AvgIpc) is 2.50. The molecule has 3 nitrogen and oxygen atoms in total. The van der Waals surface area contributed by atoms with Crippen molar-refractivity contribution in [2.24, 2.45) is 0 Å². The Bertz CT molecular complexity index is 857. The largest absolute Gasteiger partial charge is 0.320 e. The number of halogens is 2. The number of rotatable bonds is 2. The number of carbonyl (C=O) groups excluding carboxylic acids is 1. The van der Waals surface area contributed by atoms with Crippen molar-refractivity contribution < 1.29 is 4.79 Å². The quantitative estimate of drug-likeness (QED) is 0.710. The molecule has 1 heterocycles. The Morgan fingerprint density at radius 1 is 1.05 bits per heavy atom. The lowest BCUT2D eigenvalue weighted by Gasteiger charge is -2.12. The first kappa shape index (κ1) is 14.8. The molecule has 3 rings (SSSR count). The van der Waals surface area contributed by atoms with Crippen molar-refractivity contribution in [3.63, 3.8) is 0 Å². The van der Waals surface area contributed by atoms with Crippen LogP contribution < -0.4 is 5.32 Å². The standard InChI is InChI=1S/C17H12Cl2N2O/c1-10-7-8-11-4-3-9-20-16(11)15(10)21-17(22)14-12(18)5-2-6-13(14)19/h2-9H,1H3,(H,21,22). The highest BCUT2D eigenvalue weighted by Crippen LogP contribution is 2.29. The maximum atomic E-state index is 12.5. The number of aromatic nitrogens is 1. The summed E-state index contributed by atoms with van der Waals surface area (Å²) >= 11 is 12.2. The smallest absolute Gasteiger partial charge is 0.258 e. The predicted molar refractivity (Wildman–Crippen MR) is 90.9 cm³/mol. The van der Waals surface area contributed by atoms with Gasteiger partial charge in [-0.3, -0.25) is 9.78 Å². The van der Waals surface area contributed by atoms with Crippen LogP contribution in [0.2, 0.25) is 10.0 Å². The van der Waals surface area contributed by atoms with Gasteiger partial charge in [-0.05, 0) is 30.7 Å². The second-order valence-electron chi connectivity index (χ2n) is 4.88. The molecule has 1 N–H and O–H groups in total. The number of anilines is 1. The molecule has 0 saturated carbocycles. The van der Waals surface area contributed by atoms with Crippen molar-refractivity contribution in [1.29, 1.82) is 0 Å². The van der Waals surface area contributed by atoms with Gasteiger partial charge in [-0.1, -0.05) is 47.5 Å². The molecule has 0 radical (unpaired) electrons. The third-order valence-electron chi connectivity index (χ3n) is 3.41. The van der Waals surface area contributed by atoms with Crippen molar-refractivity contribution >= 4 is 45.7 Å². The van der Waals surface area contributed by atoms with Gasteiger partial charge in [0, 0.05) is 11.6 Å². The van der Waals surface area contributed by atoms with Gasteiger partial charge in [0.1, 0.15) is 0 Å². The van der Waals surface area contributed by atoms with Crippen LogP contribution in [0.5, 0.6) is 0 Å². The van der Waals surface area contributed by atoms with Crippen LogP contribution in [-0.4, -0.2) is 10.9 Å². The minimum atomic E-state index is -0.350. The molecule has 0 fully saturated rings. The molecule has 0 atom stereocenters. The van der Waals surface area contributed by atoms with Crippen LogP contribution in [0.25, 0.3) is 10.9 Å². The van der Waals surface area contributed by atoms with Crippen LogP contribution in [0.3, 0.4) is 0 Å². The summed E-state index contributed by atoms with van der Waals surface area (Å²) in [5, 5.41) is 4.46. The van der Waals surface area contributed by atoms with Crippen LogP contribution in [0.4, 0.5) is 5.69 Å². The fourth-order valence-electron chi connectivity index (χ4n) is 2.29. The Morgan fingerprint density at radius 3 is 2.50 bits per heavy atom. The third-order valence-corrected chi connectivity index (χ3v) is 4.04. The molecule has 0 aliphatic carbocycles. The third kappa shape index (κ3) is 2.65. The highest BCUT2D eigenvalue weighted by Gasteiger charge is 2.17. The van der Waals surface area contributed by atoms with E-state index in [2.05, 4.69) is 10.3 Å². The van der Waals surface area contributed by atoms with Crippen LogP contribution in [0, 0.1) is 6.92 Å². The van der Waals surface area contributed by atoms with E-state index in [0.29, 0.717) is 15.7 Å². The number of nitrogens with zero attached hydrogens (tertiary/aromatic N) is 1. The molecular formula is C17H12Cl2N2O. The maximum Gasteiger partial charge on any atom is 0.258 e. The Kier molecular flexibility index (Phi) is 4.01. The van der Waals surface area contributed by atoms with E-state index in [-0.39, 0.29) is 11.5 Å². The molecular weight excluding hydrogens is 319 g/mol. The molecule has 5 heteroatoms. The van der Waals surface area contributed by atoms with Crippen LogP contribution in [0.1, 0.15) is 15.9 Å². The van der Waals surface area contributed by atoms with E-state index in [0.717, 1.165) is 16.5 Å². The SMILES string of the molecule is Cc1ccc2cccnc2c1NC(=O)c1c(Cl)cccc1Cl. The van der Waals surface area contributed by atoms with E-state index >= 15 is 0 Å². The molecule has 110 valence electrons. The monoisotopic (exact) mass is 330 g/mol. The van der Waals surface area contributed by atoms with E-state index in [1.54, 1.807) is 24.4 Å². The fourth-order valence-corrected chi connectivity index (χ4v) is 2.86. The summed E-state index contributed by atoms with van der Waals surface area (Å²) in [6, 6.07) is 12.7. The summed E-state index contributed by atoms with van der Waals surface area (Å²) in [7, 11) is 0. The van der Waals surface area contributed by atoms with Crippen molar-refractivity contribution in [3.8, 4) is 0 Å². The molecule has 0 bridgehead atoms. The summed E-state index contributed by atoms with van der Waals surface area (Å²) in [5.74, 6) is -0.350. The van der Waals surface area contributed by atoms with Crippen molar-refractivity contribution in [3.05, 3.63) is 69.8 Å². The lowest BCUT2D eigenvalue weighted by Crippen LogP contribution is -2.14. The summed E-state index contributed by atoms with van der Waals surface area (Å²) in [5.41, 5.74) is 2.58. The van der Waals surface area contributed by atoms with Crippen molar-refractivity contribution in [1.82, 2.24) is 4.98 Å². The normalized spacial score (nSPS) is 10.7. The topological polar surface area (TPSA) is 42.0 Å². The number of carbonyl (C=O) groups is 1. The van der Waals surface area contributed by atoms with Gasteiger partial charge in [0.15, 0.2) is 0 Å². The Labute approximate surface area is 137 Å². The second-order valence-corrected chi connectivity index (χ2v) is 5.70. The van der Waals surface area contributed by atoms with E-state index in [4.69, 9.17) is 23.2 Å². The first-order valence-corrected chi connectivity index (χ1v) is 7.43. The Balaban J connectivity index is 2.07. The molecule has 22 heavy (non-hydrogen) atoms. The predicted octanol–water partition coefficient (Wildman–Crippen LogP) is 5.10. The molecule has 0 aliphatic rings. The fraction of sp³-hybridized carbons (Fsp3) is 0.0588. The number of benzene rings is 2. The van der Waals surface area contributed by atoms with E-state index in [1.165, 1.54) is 0 Å². The minimum Gasteiger partial charge on any atom is -0.320 e. The molecule has 2 aromatic carbocycles. The van der Waals surface area contributed by atoms with E-state index < -0.39 is 0 Å². The number of aryl methyl sites for hydroxylation is 1. The van der Waals surface area contributed by atoms with Gasteiger partial charge in [0.05, 0.1) is 26.8 Å². The van der Waals surface area contributed by atoms with Gasteiger partial charge in [0.25, 0.3) is 5.91 Å². The lowest BCUT2D eigenvalue weighted by molar-refractivity contribution is 0.102. The number of nitrogens with one attached hydrogen (secondary N) is 1. The molecule has 1 amide bonds. The molecule has 0 aliphatic heterocycles. The van der Waals surface area contributed by atoms with Crippen molar-refractivity contribution in [2.45, 2.75) is 6.92 Å². The summed E-state index contributed by atoms with van der Waals surface area (Å²) in [6.45, 7) is 1.91. The van der Waals surface area contributed by atoms with Crippen LogP contribution in [-0.2, 0) is 0 Å². The summed E-state index contributed by atoms with van der Waals surface area (Å²) in [4.78, 5) is 16.9. The highest BCUT2D eigenvalue weighted by atomic mass is 35.5. The summed E-state index contributed by atoms with van der Waals surface area (Å²) in [6.07, 6.45) is 1.69. The lowest BCUT2D eigenvalue weighted by atomic mass is 10.1. The van der Waals surface area contributed by atoms with Crippen LogP contribution >= 0.6 is 23.2 Å².